The van der Waals surface area contributed by atoms with Crippen molar-refractivity contribution in [1.29, 1.82) is 0 Å². The molecule has 0 amide bonds. The maximum Gasteiger partial charge on any atom is 0.164 e. The number of hydrogen-bond donors (Lipinski definition) is 0. The SMILES string of the molecule is c1ccc2cc(-c3ccc4c(c3)oc3cccc(-c5nc(-c6ccc7cc8c(cc7c6)oc6ccccc68)nc(-c6cc7ccccc7c7ccccc67)n5)c34)ccc2c1. The van der Waals surface area contributed by atoms with E-state index in [-0.39, 0.29) is 0 Å². The van der Waals surface area contributed by atoms with E-state index in [1.54, 1.807) is 0 Å². The fraction of sp³-hybridized carbons (Fsp3) is 0. The second-order valence-electron chi connectivity index (χ2n) is 15.6. The minimum absolute atomic E-state index is 0.576. The number of nitrogens with zero attached hydrogens (tertiary/aromatic N) is 3. The maximum atomic E-state index is 6.62. The van der Waals surface area contributed by atoms with Crippen molar-refractivity contribution in [3.8, 4) is 45.3 Å². The van der Waals surface area contributed by atoms with Crippen LogP contribution in [0.25, 0.3) is 132 Å². The highest BCUT2D eigenvalue weighted by Crippen LogP contribution is 2.41. The predicted octanol–water partition coefficient (Wildman–Crippen LogP) is 15.0. The molecule has 0 spiro atoms. The number of furan rings is 2. The van der Waals surface area contributed by atoms with Crippen LogP contribution in [0.4, 0.5) is 0 Å². The Kier molecular flexibility index (Phi) is 6.95. The topological polar surface area (TPSA) is 65.0 Å². The van der Waals surface area contributed by atoms with Gasteiger partial charge in [-0.3, -0.25) is 0 Å². The molecule has 0 aliphatic carbocycles. The van der Waals surface area contributed by atoms with Gasteiger partial charge in [-0.1, -0.05) is 133 Å². The van der Waals surface area contributed by atoms with Gasteiger partial charge in [-0.05, 0) is 109 Å². The molecule has 278 valence electrons. The van der Waals surface area contributed by atoms with E-state index in [2.05, 4.69) is 164 Å². The summed E-state index contributed by atoms with van der Waals surface area (Å²) in [5.74, 6) is 1.77. The van der Waals surface area contributed by atoms with Crippen LogP contribution in [0.2, 0.25) is 0 Å². The summed E-state index contributed by atoms with van der Waals surface area (Å²) < 4.78 is 12.9. The molecule has 0 N–H and O–H groups in total. The van der Waals surface area contributed by atoms with Crippen molar-refractivity contribution in [1.82, 2.24) is 15.0 Å². The number of hydrogen-bond acceptors (Lipinski definition) is 5. The van der Waals surface area contributed by atoms with Crippen LogP contribution in [0.3, 0.4) is 0 Å². The third kappa shape index (κ3) is 5.09. The van der Waals surface area contributed by atoms with E-state index in [1.165, 1.54) is 16.2 Å². The molecule has 5 nitrogen and oxygen atoms in total. The van der Waals surface area contributed by atoms with E-state index in [1.807, 2.05) is 24.3 Å². The van der Waals surface area contributed by atoms with Crippen LogP contribution in [0.15, 0.2) is 197 Å². The van der Waals surface area contributed by atoms with Gasteiger partial charge < -0.3 is 8.83 Å². The summed E-state index contributed by atoms with van der Waals surface area (Å²) in [6.07, 6.45) is 0. The number of rotatable bonds is 4. The summed E-state index contributed by atoms with van der Waals surface area (Å²) in [5.41, 5.74) is 8.26. The van der Waals surface area contributed by atoms with Gasteiger partial charge in [0.25, 0.3) is 0 Å². The molecule has 3 aromatic heterocycles. The van der Waals surface area contributed by atoms with E-state index in [4.69, 9.17) is 23.8 Å². The fourth-order valence-corrected chi connectivity index (χ4v) is 9.15. The summed E-state index contributed by atoms with van der Waals surface area (Å²) in [7, 11) is 0. The minimum atomic E-state index is 0.576. The van der Waals surface area contributed by atoms with Gasteiger partial charge in [0.05, 0.1) is 0 Å². The van der Waals surface area contributed by atoms with Crippen LogP contribution < -0.4 is 0 Å². The molecule has 0 saturated carbocycles. The molecule has 0 saturated heterocycles. The van der Waals surface area contributed by atoms with Crippen molar-refractivity contribution in [2.24, 2.45) is 0 Å². The Morgan fingerprint density at radius 2 is 0.867 bits per heavy atom. The summed E-state index contributed by atoms with van der Waals surface area (Å²) in [4.78, 5) is 15.9. The molecule has 0 aliphatic rings. The van der Waals surface area contributed by atoms with E-state index < -0.39 is 0 Å². The van der Waals surface area contributed by atoms with Crippen molar-refractivity contribution in [2.75, 3.05) is 0 Å². The first-order valence-corrected chi connectivity index (χ1v) is 20.2. The molecule has 0 fully saturated rings. The van der Waals surface area contributed by atoms with Gasteiger partial charge in [0.15, 0.2) is 17.5 Å². The Morgan fingerprint density at radius 1 is 0.267 bits per heavy atom. The molecule has 3 heterocycles. The first kappa shape index (κ1) is 32.9. The normalized spacial score (nSPS) is 12.0. The molecule has 5 heteroatoms. The first-order valence-electron chi connectivity index (χ1n) is 20.2. The Bertz CT molecular complexity index is 3910. The van der Waals surface area contributed by atoms with Gasteiger partial charge >= 0.3 is 0 Å². The third-order valence-electron chi connectivity index (χ3n) is 12.1. The minimum Gasteiger partial charge on any atom is -0.456 e. The van der Waals surface area contributed by atoms with Crippen LogP contribution in [-0.4, -0.2) is 15.0 Å². The average molecular weight is 766 g/mol. The van der Waals surface area contributed by atoms with Gasteiger partial charge in [0, 0.05) is 38.2 Å². The van der Waals surface area contributed by atoms with Crippen molar-refractivity contribution < 1.29 is 8.83 Å². The molecule has 0 radical (unpaired) electrons. The van der Waals surface area contributed by atoms with E-state index in [9.17, 15) is 0 Å². The van der Waals surface area contributed by atoms with Crippen molar-refractivity contribution in [3.05, 3.63) is 188 Å². The smallest absolute Gasteiger partial charge is 0.164 e. The largest absolute Gasteiger partial charge is 0.456 e. The Hall–Kier alpha value is -8.15. The number of fused-ring (bicyclic) bond motifs is 11. The zero-order valence-corrected chi connectivity index (χ0v) is 32.1. The van der Waals surface area contributed by atoms with Crippen LogP contribution in [0, 0.1) is 0 Å². The van der Waals surface area contributed by atoms with Gasteiger partial charge in [0.1, 0.15) is 22.3 Å². The highest BCUT2D eigenvalue weighted by molar-refractivity contribution is 6.15. The standard InChI is InChI=1S/C55H31N3O2/c1-2-11-33-26-34(21-20-32(33)10-1)36-24-25-44-50(30-36)60-49-19-9-17-45(52(44)49)54-56-53(38-23-22-35-28-46-43-16-7-8-18-48(43)59-51(46)31-39(35)27-38)57-55(58-54)47-29-37-12-3-4-13-40(37)41-14-5-6-15-42(41)47/h1-31H. The second kappa shape index (κ2) is 12.7. The van der Waals surface area contributed by atoms with E-state index in [0.717, 1.165) is 98.6 Å². The van der Waals surface area contributed by atoms with Gasteiger partial charge in [-0.25, -0.2) is 15.0 Å². The van der Waals surface area contributed by atoms with Crippen LogP contribution in [-0.2, 0) is 0 Å². The van der Waals surface area contributed by atoms with Gasteiger partial charge in [-0.15, -0.1) is 0 Å². The zero-order valence-electron chi connectivity index (χ0n) is 32.1. The quantitative estimate of drug-likeness (QED) is 0.167. The number of para-hydroxylation sites is 1. The molecular weight excluding hydrogens is 735 g/mol. The molecule has 0 aliphatic heterocycles. The predicted molar refractivity (Wildman–Crippen MR) is 246 cm³/mol. The molecule has 13 rings (SSSR count). The van der Waals surface area contributed by atoms with Crippen molar-refractivity contribution >= 4 is 87.0 Å². The van der Waals surface area contributed by atoms with Gasteiger partial charge in [-0.2, -0.15) is 0 Å². The van der Waals surface area contributed by atoms with Crippen LogP contribution in [0.1, 0.15) is 0 Å². The van der Waals surface area contributed by atoms with Crippen LogP contribution in [0.5, 0.6) is 0 Å². The molecular formula is C55H31N3O2. The monoisotopic (exact) mass is 765 g/mol. The summed E-state index contributed by atoms with van der Waals surface area (Å²) in [6.45, 7) is 0. The third-order valence-corrected chi connectivity index (χ3v) is 12.1. The average Bonchev–Trinajstić information content (AvgIpc) is 3.87. The lowest BCUT2D eigenvalue weighted by Gasteiger charge is -2.13. The highest BCUT2D eigenvalue weighted by atomic mass is 16.3. The Labute approximate surface area is 342 Å². The lowest BCUT2D eigenvalue weighted by atomic mass is 9.96. The fourth-order valence-electron chi connectivity index (χ4n) is 9.15. The van der Waals surface area contributed by atoms with Crippen molar-refractivity contribution in [2.45, 2.75) is 0 Å². The summed E-state index contributed by atoms with van der Waals surface area (Å²) >= 11 is 0. The number of aromatic nitrogens is 3. The van der Waals surface area contributed by atoms with E-state index in [0.29, 0.717) is 17.5 Å². The Morgan fingerprint density at radius 3 is 1.77 bits per heavy atom. The maximum absolute atomic E-state index is 6.62. The zero-order chi connectivity index (χ0) is 39.3. The number of benzene rings is 10. The first-order chi connectivity index (χ1) is 29.7. The lowest BCUT2D eigenvalue weighted by Crippen LogP contribution is -2.01. The molecule has 0 atom stereocenters. The van der Waals surface area contributed by atoms with Gasteiger partial charge in [0.2, 0.25) is 0 Å². The van der Waals surface area contributed by atoms with Crippen LogP contribution >= 0.6 is 0 Å². The highest BCUT2D eigenvalue weighted by Gasteiger charge is 2.20. The van der Waals surface area contributed by atoms with Crippen molar-refractivity contribution in [3.63, 3.8) is 0 Å². The summed E-state index contributed by atoms with van der Waals surface area (Å²) in [6, 6.07) is 65.8. The molecule has 0 bridgehead atoms. The van der Waals surface area contributed by atoms with E-state index >= 15 is 0 Å². The Balaban J connectivity index is 1.03. The molecule has 60 heavy (non-hydrogen) atoms. The molecule has 10 aromatic carbocycles. The summed E-state index contributed by atoms with van der Waals surface area (Å²) in [5, 5.41) is 13.3. The lowest BCUT2D eigenvalue weighted by molar-refractivity contribution is 0.669. The molecule has 0 unspecified atom stereocenters. The molecule has 13 aromatic rings. The second-order valence-corrected chi connectivity index (χ2v) is 15.6.